The third-order valence-electron chi connectivity index (χ3n) is 5.13. The van der Waals surface area contributed by atoms with Gasteiger partial charge in [0.15, 0.2) is 5.78 Å². The van der Waals surface area contributed by atoms with Crippen molar-refractivity contribution in [3.05, 3.63) is 47.5 Å². The average molecular weight is 380 g/mol. The van der Waals surface area contributed by atoms with E-state index >= 15 is 0 Å². The van der Waals surface area contributed by atoms with Crippen molar-refractivity contribution in [3.63, 3.8) is 0 Å². The van der Waals surface area contributed by atoms with E-state index in [9.17, 15) is 4.79 Å². The van der Waals surface area contributed by atoms with Gasteiger partial charge in [-0.15, -0.1) is 0 Å². The average Bonchev–Trinajstić information content (AvgIpc) is 2.74. The van der Waals surface area contributed by atoms with E-state index in [-0.39, 0.29) is 5.78 Å². The lowest BCUT2D eigenvalue weighted by Crippen LogP contribution is -2.36. The third kappa shape index (κ3) is 3.87. The number of methoxy groups -OCH3 is 1. The molecule has 0 radical (unpaired) electrons. The largest absolute Gasteiger partial charge is 0.497 e. The quantitative estimate of drug-likeness (QED) is 0.796. The van der Waals surface area contributed by atoms with E-state index in [4.69, 9.17) is 14.2 Å². The Kier molecular flexibility index (Phi) is 5.30. The summed E-state index contributed by atoms with van der Waals surface area (Å²) in [4.78, 5) is 19.0. The Labute approximate surface area is 164 Å². The van der Waals surface area contributed by atoms with Gasteiger partial charge in [0.25, 0.3) is 0 Å². The first kappa shape index (κ1) is 18.5. The number of benzene rings is 2. The van der Waals surface area contributed by atoms with E-state index in [1.54, 1.807) is 14.0 Å². The number of Topliss-reactive ketones (excluding diaryl/α,β-unsaturated/α-hetero) is 1. The lowest BCUT2D eigenvalue weighted by atomic mass is 9.99. The van der Waals surface area contributed by atoms with E-state index in [1.807, 2.05) is 30.3 Å². The fraction of sp³-hybridized carbons (Fsp3) is 0.364. The van der Waals surface area contributed by atoms with Gasteiger partial charge in [-0.25, -0.2) is 4.99 Å². The Bertz CT molecular complexity index is 899. The first-order chi connectivity index (χ1) is 13.6. The predicted octanol–water partition coefficient (Wildman–Crippen LogP) is 3.33. The van der Waals surface area contributed by atoms with Crippen molar-refractivity contribution in [3.8, 4) is 11.5 Å². The highest BCUT2D eigenvalue weighted by Crippen LogP contribution is 2.38. The number of carbonyl (C=O) groups is 1. The second-order valence-electron chi connectivity index (χ2n) is 6.97. The van der Waals surface area contributed by atoms with Crippen molar-refractivity contribution in [2.45, 2.75) is 20.0 Å². The number of morpholine rings is 1. The lowest BCUT2D eigenvalue weighted by molar-refractivity contribution is -0.112. The Hall–Kier alpha value is -2.86. The summed E-state index contributed by atoms with van der Waals surface area (Å²) < 4.78 is 16.8. The molecule has 0 aliphatic carbocycles. The maximum Gasteiger partial charge on any atom is 0.181 e. The number of hydrogen-bond acceptors (Lipinski definition) is 6. The van der Waals surface area contributed by atoms with Gasteiger partial charge in [0.2, 0.25) is 0 Å². The van der Waals surface area contributed by atoms with Crippen LogP contribution in [-0.4, -0.2) is 44.9 Å². The summed E-state index contributed by atoms with van der Waals surface area (Å²) in [7, 11) is 1.65. The predicted molar refractivity (Wildman–Crippen MR) is 108 cm³/mol. The summed E-state index contributed by atoms with van der Waals surface area (Å²) >= 11 is 0. The fourth-order valence-electron chi connectivity index (χ4n) is 3.44. The van der Waals surface area contributed by atoms with Crippen molar-refractivity contribution in [1.29, 1.82) is 0 Å². The van der Waals surface area contributed by atoms with E-state index in [0.29, 0.717) is 32.0 Å². The molecule has 146 valence electrons. The monoisotopic (exact) mass is 380 g/mol. The molecule has 0 N–H and O–H groups in total. The number of rotatable bonds is 5. The minimum atomic E-state index is 0.0425. The van der Waals surface area contributed by atoms with Gasteiger partial charge >= 0.3 is 0 Å². The molecule has 0 saturated carbocycles. The molecule has 28 heavy (non-hydrogen) atoms. The van der Waals surface area contributed by atoms with Gasteiger partial charge in [-0.05, 0) is 30.7 Å². The molecule has 0 bridgehead atoms. The van der Waals surface area contributed by atoms with Gasteiger partial charge in [0.05, 0.1) is 31.7 Å². The Morgan fingerprint density at radius 3 is 2.61 bits per heavy atom. The van der Waals surface area contributed by atoms with Crippen LogP contribution in [0.15, 0.2) is 41.4 Å². The Balaban J connectivity index is 1.63. The summed E-state index contributed by atoms with van der Waals surface area (Å²) in [6.45, 7) is 5.26. The topological polar surface area (TPSA) is 60.4 Å². The molecule has 0 spiro atoms. The molecule has 0 unspecified atom stereocenters. The molecule has 0 amide bonds. The van der Waals surface area contributed by atoms with Crippen molar-refractivity contribution < 1.29 is 19.0 Å². The van der Waals surface area contributed by atoms with Crippen LogP contribution in [0, 0.1) is 0 Å². The van der Waals surface area contributed by atoms with Crippen LogP contribution in [0.4, 0.5) is 11.4 Å². The molecule has 1 saturated heterocycles. The number of carbonyl (C=O) groups excluding carboxylic acids is 1. The number of nitrogens with zero attached hydrogens (tertiary/aromatic N) is 2. The highest BCUT2D eigenvalue weighted by Gasteiger charge is 2.24. The molecule has 0 aromatic heterocycles. The van der Waals surface area contributed by atoms with E-state index < -0.39 is 0 Å². The molecule has 2 heterocycles. The summed E-state index contributed by atoms with van der Waals surface area (Å²) in [5, 5.41) is 0. The molecule has 6 heteroatoms. The first-order valence-electron chi connectivity index (χ1n) is 9.48. The van der Waals surface area contributed by atoms with Crippen LogP contribution in [0.3, 0.4) is 0 Å². The number of hydrogen-bond donors (Lipinski definition) is 0. The van der Waals surface area contributed by atoms with Crippen LogP contribution < -0.4 is 14.4 Å². The van der Waals surface area contributed by atoms with Gasteiger partial charge < -0.3 is 19.1 Å². The van der Waals surface area contributed by atoms with Crippen molar-refractivity contribution >= 4 is 22.9 Å². The molecule has 2 aliphatic heterocycles. The van der Waals surface area contributed by atoms with Gasteiger partial charge in [-0.2, -0.15) is 0 Å². The summed E-state index contributed by atoms with van der Waals surface area (Å²) in [6, 6.07) is 11.9. The van der Waals surface area contributed by atoms with Crippen LogP contribution in [0.2, 0.25) is 0 Å². The SMILES string of the molecule is COc1ccc(COc2cc(N3CCOCC3)cc3c2CC(=O)C(C)=N3)cc1. The number of anilines is 1. The van der Waals surface area contributed by atoms with Crippen molar-refractivity contribution in [2.24, 2.45) is 4.99 Å². The van der Waals surface area contributed by atoms with Gasteiger partial charge in [0, 0.05) is 36.8 Å². The molecule has 2 aromatic rings. The molecular formula is C22H24N2O4. The summed E-state index contributed by atoms with van der Waals surface area (Å²) in [6.07, 6.45) is 0.325. The summed E-state index contributed by atoms with van der Waals surface area (Å²) in [5.41, 5.74) is 4.32. The molecule has 2 aromatic carbocycles. The minimum absolute atomic E-state index is 0.0425. The highest BCUT2D eigenvalue weighted by atomic mass is 16.5. The molecule has 1 fully saturated rings. The zero-order chi connectivity index (χ0) is 19.5. The van der Waals surface area contributed by atoms with Gasteiger partial charge in [-0.3, -0.25) is 4.79 Å². The van der Waals surface area contributed by atoms with Crippen LogP contribution in [0.25, 0.3) is 0 Å². The second-order valence-corrected chi connectivity index (χ2v) is 6.97. The molecule has 4 rings (SSSR count). The Morgan fingerprint density at radius 2 is 1.89 bits per heavy atom. The molecule has 6 nitrogen and oxygen atoms in total. The second kappa shape index (κ2) is 8.02. The van der Waals surface area contributed by atoms with Crippen LogP contribution >= 0.6 is 0 Å². The minimum Gasteiger partial charge on any atom is -0.497 e. The number of ketones is 1. The normalized spacial score (nSPS) is 16.4. The summed E-state index contributed by atoms with van der Waals surface area (Å²) in [5.74, 6) is 1.58. The lowest BCUT2D eigenvalue weighted by Gasteiger charge is -2.30. The maximum atomic E-state index is 12.2. The zero-order valence-corrected chi connectivity index (χ0v) is 16.2. The van der Waals surface area contributed by atoms with E-state index in [1.165, 1.54) is 0 Å². The van der Waals surface area contributed by atoms with Crippen LogP contribution in [-0.2, 0) is 22.6 Å². The maximum absolute atomic E-state index is 12.2. The van der Waals surface area contributed by atoms with Crippen LogP contribution in [0.1, 0.15) is 18.1 Å². The molecular weight excluding hydrogens is 356 g/mol. The number of fused-ring (bicyclic) bond motifs is 1. The zero-order valence-electron chi connectivity index (χ0n) is 16.2. The third-order valence-corrected chi connectivity index (χ3v) is 5.13. The molecule has 2 aliphatic rings. The van der Waals surface area contributed by atoms with Gasteiger partial charge in [-0.1, -0.05) is 12.1 Å². The molecule has 0 atom stereocenters. The number of ether oxygens (including phenoxy) is 3. The Morgan fingerprint density at radius 1 is 1.14 bits per heavy atom. The van der Waals surface area contributed by atoms with Crippen molar-refractivity contribution in [1.82, 2.24) is 0 Å². The van der Waals surface area contributed by atoms with Crippen molar-refractivity contribution in [2.75, 3.05) is 38.3 Å². The van der Waals surface area contributed by atoms with E-state index in [2.05, 4.69) is 16.0 Å². The van der Waals surface area contributed by atoms with E-state index in [0.717, 1.165) is 47.1 Å². The van der Waals surface area contributed by atoms with Gasteiger partial charge in [0.1, 0.15) is 18.1 Å². The highest BCUT2D eigenvalue weighted by molar-refractivity contribution is 6.41. The first-order valence-corrected chi connectivity index (χ1v) is 9.48. The number of aliphatic imine (C=N–C) groups is 1. The van der Waals surface area contributed by atoms with Crippen LogP contribution in [0.5, 0.6) is 11.5 Å². The smallest absolute Gasteiger partial charge is 0.181 e. The standard InChI is InChI=1S/C22H24N2O4/c1-15-21(25)13-19-20(23-15)11-17(24-7-9-27-10-8-24)12-22(19)28-14-16-3-5-18(26-2)6-4-16/h3-6,11-12H,7-10,13-14H2,1-2H3. The fourth-order valence-corrected chi connectivity index (χ4v) is 3.44.